The molecule has 2 rings (SSSR count). The van der Waals surface area contributed by atoms with Crippen LogP contribution in [0.1, 0.15) is 31.1 Å². The van der Waals surface area contributed by atoms with Gasteiger partial charge in [0, 0.05) is 31.1 Å². The molecule has 0 saturated carbocycles. The normalized spacial score (nSPS) is 13.5. The Balaban J connectivity index is 0.00000288. The van der Waals surface area contributed by atoms with Gasteiger partial charge in [-0.05, 0) is 32.9 Å². The molecule has 6 nitrogen and oxygen atoms in total. The molecule has 0 bridgehead atoms. The lowest BCUT2D eigenvalue weighted by Crippen LogP contribution is -2.48. The van der Waals surface area contributed by atoms with Crippen LogP contribution in [0, 0.1) is 5.92 Å². The molecule has 1 aliphatic rings. The van der Waals surface area contributed by atoms with Crippen LogP contribution in [0.2, 0.25) is 0 Å². The summed E-state index contributed by atoms with van der Waals surface area (Å²) in [4.78, 5) is 12.4. The van der Waals surface area contributed by atoms with Crippen molar-refractivity contribution in [3.63, 3.8) is 0 Å². The van der Waals surface area contributed by atoms with E-state index in [1.165, 1.54) is 0 Å². The molecule has 7 heteroatoms. The Morgan fingerprint density at radius 2 is 1.62 bits per heavy atom. The zero-order valence-corrected chi connectivity index (χ0v) is 15.3. The van der Waals surface area contributed by atoms with Crippen molar-refractivity contribution in [3.05, 3.63) is 17.7 Å². The number of carbonyl (C=O) groups is 1. The maximum absolute atomic E-state index is 12.4. The van der Waals surface area contributed by atoms with Crippen LogP contribution in [0.25, 0.3) is 0 Å². The highest BCUT2D eigenvalue weighted by Gasteiger charge is 2.20. The van der Waals surface area contributed by atoms with E-state index in [0.717, 1.165) is 13.1 Å². The van der Waals surface area contributed by atoms with Crippen molar-refractivity contribution in [3.8, 4) is 17.2 Å². The van der Waals surface area contributed by atoms with Gasteiger partial charge in [-0.1, -0.05) is 0 Å². The van der Waals surface area contributed by atoms with Crippen LogP contribution in [0.4, 0.5) is 0 Å². The molecule has 0 spiro atoms. The summed E-state index contributed by atoms with van der Waals surface area (Å²) in [5.74, 6) is 2.02. The SMILES string of the molecule is CCOc1cc(C(=O)NCC2CNC2)cc(OCC)c1OCC.Cl. The summed E-state index contributed by atoms with van der Waals surface area (Å²) in [5, 5.41) is 6.15. The molecule has 1 aliphatic heterocycles. The van der Waals surface area contributed by atoms with Gasteiger partial charge in [0.05, 0.1) is 19.8 Å². The number of hydrogen-bond acceptors (Lipinski definition) is 5. The fourth-order valence-corrected chi connectivity index (χ4v) is 2.35. The van der Waals surface area contributed by atoms with Gasteiger partial charge in [0.25, 0.3) is 5.91 Å². The third-order valence-electron chi connectivity index (χ3n) is 3.59. The molecule has 1 aromatic carbocycles. The summed E-state index contributed by atoms with van der Waals surface area (Å²) in [6.07, 6.45) is 0. The Morgan fingerprint density at radius 1 is 1.08 bits per heavy atom. The molecule has 1 saturated heterocycles. The first kappa shape index (κ1) is 20.4. The van der Waals surface area contributed by atoms with Crippen LogP contribution in [0.3, 0.4) is 0 Å². The minimum absolute atomic E-state index is 0. The van der Waals surface area contributed by atoms with E-state index in [9.17, 15) is 4.79 Å². The summed E-state index contributed by atoms with van der Waals surface area (Å²) in [7, 11) is 0. The van der Waals surface area contributed by atoms with E-state index >= 15 is 0 Å². The fraction of sp³-hybridized carbons (Fsp3) is 0.588. The number of ether oxygens (including phenoxy) is 3. The molecule has 136 valence electrons. The average molecular weight is 359 g/mol. The fourth-order valence-electron chi connectivity index (χ4n) is 2.35. The van der Waals surface area contributed by atoms with Gasteiger partial charge in [0.15, 0.2) is 11.5 Å². The van der Waals surface area contributed by atoms with Crippen LogP contribution < -0.4 is 24.8 Å². The van der Waals surface area contributed by atoms with Crippen LogP contribution in [0.15, 0.2) is 12.1 Å². The molecular formula is C17H27ClN2O4. The molecule has 0 aromatic heterocycles. The van der Waals surface area contributed by atoms with Crippen molar-refractivity contribution < 1.29 is 19.0 Å². The highest BCUT2D eigenvalue weighted by molar-refractivity contribution is 5.95. The second-order valence-corrected chi connectivity index (χ2v) is 5.33. The molecule has 1 fully saturated rings. The maximum Gasteiger partial charge on any atom is 0.251 e. The predicted molar refractivity (Wildman–Crippen MR) is 95.9 cm³/mol. The van der Waals surface area contributed by atoms with Crippen molar-refractivity contribution in [1.29, 1.82) is 0 Å². The van der Waals surface area contributed by atoms with Crippen molar-refractivity contribution in [1.82, 2.24) is 10.6 Å². The summed E-state index contributed by atoms with van der Waals surface area (Å²) < 4.78 is 16.9. The second kappa shape index (κ2) is 10.3. The van der Waals surface area contributed by atoms with Gasteiger partial charge in [0.1, 0.15) is 0 Å². The monoisotopic (exact) mass is 358 g/mol. The van der Waals surface area contributed by atoms with Gasteiger partial charge in [-0.2, -0.15) is 0 Å². The van der Waals surface area contributed by atoms with Gasteiger partial charge in [-0.15, -0.1) is 12.4 Å². The summed E-state index contributed by atoms with van der Waals surface area (Å²) in [6.45, 7) is 9.76. The Bertz CT molecular complexity index is 508. The third kappa shape index (κ3) is 5.18. The van der Waals surface area contributed by atoms with Crippen molar-refractivity contribution in [2.24, 2.45) is 5.92 Å². The van der Waals surface area contributed by atoms with Gasteiger partial charge in [0.2, 0.25) is 5.75 Å². The molecule has 1 amide bonds. The van der Waals surface area contributed by atoms with Gasteiger partial charge < -0.3 is 24.8 Å². The van der Waals surface area contributed by atoms with Crippen LogP contribution in [-0.4, -0.2) is 45.4 Å². The second-order valence-electron chi connectivity index (χ2n) is 5.33. The van der Waals surface area contributed by atoms with E-state index in [0.29, 0.717) is 55.1 Å². The number of rotatable bonds is 9. The Hall–Kier alpha value is -1.66. The smallest absolute Gasteiger partial charge is 0.251 e. The van der Waals surface area contributed by atoms with Gasteiger partial charge in [-0.25, -0.2) is 0 Å². The first-order chi connectivity index (χ1) is 11.2. The Labute approximate surface area is 149 Å². The molecule has 1 heterocycles. The van der Waals surface area contributed by atoms with Gasteiger partial charge in [-0.3, -0.25) is 4.79 Å². The summed E-state index contributed by atoms with van der Waals surface area (Å²) in [6, 6.07) is 3.43. The number of halogens is 1. The highest BCUT2D eigenvalue weighted by atomic mass is 35.5. The third-order valence-corrected chi connectivity index (χ3v) is 3.59. The highest BCUT2D eigenvalue weighted by Crippen LogP contribution is 2.39. The quantitative estimate of drug-likeness (QED) is 0.708. The number of amides is 1. The number of hydrogen-bond donors (Lipinski definition) is 2. The predicted octanol–water partition coefficient (Wildman–Crippen LogP) is 2.25. The molecule has 0 aliphatic carbocycles. The largest absolute Gasteiger partial charge is 0.490 e. The van der Waals surface area contributed by atoms with E-state index in [1.54, 1.807) is 12.1 Å². The lowest BCUT2D eigenvalue weighted by Gasteiger charge is -2.27. The van der Waals surface area contributed by atoms with E-state index in [-0.39, 0.29) is 18.3 Å². The van der Waals surface area contributed by atoms with E-state index in [4.69, 9.17) is 14.2 Å². The molecule has 0 unspecified atom stereocenters. The zero-order chi connectivity index (χ0) is 16.7. The first-order valence-corrected chi connectivity index (χ1v) is 8.24. The molecule has 1 aromatic rings. The molecule has 2 N–H and O–H groups in total. The molecule has 0 atom stereocenters. The van der Waals surface area contributed by atoms with E-state index in [2.05, 4.69) is 10.6 Å². The van der Waals surface area contributed by atoms with Crippen LogP contribution in [0.5, 0.6) is 17.2 Å². The van der Waals surface area contributed by atoms with Crippen molar-refractivity contribution >= 4 is 18.3 Å². The van der Waals surface area contributed by atoms with E-state index in [1.807, 2.05) is 20.8 Å². The molecule has 0 radical (unpaired) electrons. The van der Waals surface area contributed by atoms with Crippen molar-refractivity contribution in [2.45, 2.75) is 20.8 Å². The molecular weight excluding hydrogens is 332 g/mol. The lowest BCUT2D eigenvalue weighted by atomic mass is 10.0. The van der Waals surface area contributed by atoms with Gasteiger partial charge >= 0.3 is 0 Å². The zero-order valence-electron chi connectivity index (χ0n) is 14.5. The van der Waals surface area contributed by atoms with Crippen molar-refractivity contribution in [2.75, 3.05) is 39.5 Å². The molecule has 24 heavy (non-hydrogen) atoms. The Kier molecular flexibility index (Phi) is 8.71. The number of nitrogens with one attached hydrogen (secondary N) is 2. The Morgan fingerprint density at radius 3 is 2.04 bits per heavy atom. The summed E-state index contributed by atoms with van der Waals surface area (Å²) in [5.41, 5.74) is 0.521. The van der Waals surface area contributed by atoms with Crippen LogP contribution >= 0.6 is 12.4 Å². The standard InChI is InChI=1S/C17H26N2O4.ClH/c1-4-21-14-7-13(17(20)19-11-12-9-18-10-12)8-15(22-5-2)16(14)23-6-3;/h7-8,12,18H,4-6,9-11H2,1-3H3,(H,19,20);1H. The minimum Gasteiger partial charge on any atom is -0.490 e. The number of carbonyl (C=O) groups excluding carboxylic acids is 1. The average Bonchev–Trinajstić information content (AvgIpc) is 2.49. The summed E-state index contributed by atoms with van der Waals surface area (Å²) >= 11 is 0. The maximum atomic E-state index is 12.4. The van der Waals surface area contributed by atoms with Crippen LogP contribution in [-0.2, 0) is 0 Å². The lowest BCUT2D eigenvalue weighted by molar-refractivity contribution is 0.0941. The minimum atomic E-state index is -0.123. The topological polar surface area (TPSA) is 68.8 Å². The van der Waals surface area contributed by atoms with E-state index < -0.39 is 0 Å². The first-order valence-electron chi connectivity index (χ1n) is 8.24. The number of benzene rings is 1.